The normalized spacial score (nSPS) is 14.7. The predicted molar refractivity (Wildman–Crippen MR) is 164 cm³/mol. The van der Waals surface area contributed by atoms with Gasteiger partial charge in [-0.15, -0.1) is 0 Å². The number of benzene rings is 3. The van der Waals surface area contributed by atoms with Crippen molar-refractivity contribution in [1.29, 1.82) is 5.26 Å². The van der Waals surface area contributed by atoms with Crippen molar-refractivity contribution in [1.82, 2.24) is 4.57 Å². The van der Waals surface area contributed by atoms with Gasteiger partial charge in [-0.3, -0.25) is 9.36 Å². The lowest BCUT2D eigenvalue weighted by Gasteiger charge is -2.25. The molecule has 41 heavy (non-hydrogen) atoms. The molecule has 0 spiro atoms. The number of fused-ring (bicyclic) bond motifs is 1. The van der Waals surface area contributed by atoms with Crippen LogP contribution in [0, 0.1) is 11.3 Å². The van der Waals surface area contributed by atoms with Crippen molar-refractivity contribution in [3.05, 3.63) is 129 Å². The summed E-state index contributed by atoms with van der Waals surface area (Å²) in [4.78, 5) is 32.2. The Bertz CT molecular complexity index is 1890. The molecular formula is C31H23Br2N3O4S. The number of carbonyl (C=O) groups excluding carboxylic acids is 1. The van der Waals surface area contributed by atoms with Crippen LogP contribution < -0.4 is 19.6 Å². The minimum Gasteiger partial charge on any atom is -0.487 e. The largest absolute Gasteiger partial charge is 0.487 e. The second-order valence-corrected chi connectivity index (χ2v) is 11.9. The number of aromatic nitrogens is 1. The van der Waals surface area contributed by atoms with Gasteiger partial charge in [-0.25, -0.2) is 9.79 Å². The molecule has 2 heterocycles. The zero-order chi connectivity index (χ0) is 29.1. The molecule has 0 amide bonds. The van der Waals surface area contributed by atoms with Crippen LogP contribution in [0.3, 0.4) is 0 Å². The van der Waals surface area contributed by atoms with Gasteiger partial charge in [-0.2, -0.15) is 5.26 Å². The first-order chi connectivity index (χ1) is 19.8. The Balaban J connectivity index is 1.64. The van der Waals surface area contributed by atoms with Crippen LogP contribution in [-0.2, 0) is 16.1 Å². The Morgan fingerprint density at radius 3 is 2.54 bits per heavy atom. The van der Waals surface area contributed by atoms with E-state index in [0.717, 1.165) is 15.6 Å². The molecule has 0 bridgehead atoms. The summed E-state index contributed by atoms with van der Waals surface area (Å²) in [6, 6.07) is 21.8. The van der Waals surface area contributed by atoms with Gasteiger partial charge in [0.2, 0.25) is 0 Å². The van der Waals surface area contributed by atoms with Gasteiger partial charge < -0.3 is 9.47 Å². The highest BCUT2D eigenvalue weighted by Gasteiger charge is 2.33. The van der Waals surface area contributed by atoms with Crippen LogP contribution >= 0.6 is 43.2 Å². The molecule has 1 atom stereocenters. The maximum Gasteiger partial charge on any atom is 0.338 e. The fourth-order valence-corrected chi connectivity index (χ4v) is 7.01. The molecule has 0 fully saturated rings. The average Bonchev–Trinajstić information content (AvgIpc) is 3.30. The number of rotatable bonds is 7. The van der Waals surface area contributed by atoms with Gasteiger partial charge in [0.25, 0.3) is 5.56 Å². The number of hydrogen-bond acceptors (Lipinski definition) is 7. The molecule has 7 nitrogen and oxygen atoms in total. The van der Waals surface area contributed by atoms with Crippen molar-refractivity contribution in [2.24, 2.45) is 4.99 Å². The minimum atomic E-state index is -0.668. The number of thiazole rings is 1. The number of carbonyl (C=O) groups is 1. The molecule has 4 aromatic rings. The third kappa shape index (κ3) is 5.84. The number of ether oxygens (including phenoxy) is 2. The van der Waals surface area contributed by atoms with Crippen LogP contribution in [0.15, 0.2) is 96.7 Å². The van der Waals surface area contributed by atoms with Crippen molar-refractivity contribution in [3.8, 4) is 11.8 Å². The van der Waals surface area contributed by atoms with Crippen molar-refractivity contribution in [3.63, 3.8) is 0 Å². The summed E-state index contributed by atoms with van der Waals surface area (Å²) in [7, 11) is 1.33. The van der Waals surface area contributed by atoms with Crippen molar-refractivity contribution < 1.29 is 14.3 Å². The number of methoxy groups -OCH3 is 1. The lowest BCUT2D eigenvalue weighted by molar-refractivity contribution is -0.136. The topological polar surface area (TPSA) is 93.7 Å². The van der Waals surface area contributed by atoms with Crippen molar-refractivity contribution >= 4 is 55.2 Å². The van der Waals surface area contributed by atoms with E-state index in [4.69, 9.17) is 19.7 Å². The highest BCUT2D eigenvalue weighted by atomic mass is 79.9. The summed E-state index contributed by atoms with van der Waals surface area (Å²) in [6.45, 7) is 2.19. The first-order valence-corrected chi connectivity index (χ1v) is 15.0. The van der Waals surface area contributed by atoms with Crippen molar-refractivity contribution in [2.75, 3.05) is 7.11 Å². The Hall–Kier alpha value is -3.78. The Kier molecular flexibility index (Phi) is 8.68. The molecule has 0 unspecified atom stereocenters. The summed E-state index contributed by atoms with van der Waals surface area (Å²) in [6.07, 6.45) is 2.29. The summed E-state index contributed by atoms with van der Waals surface area (Å²) in [5, 5.41) is 9.07. The summed E-state index contributed by atoms with van der Waals surface area (Å²) in [5.41, 5.74) is 3.63. The monoisotopic (exact) mass is 691 g/mol. The zero-order valence-electron chi connectivity index (χ0n) is 22.1. The Morgan fingerprint density at radius 2 is 1.88 bits per heavy atom. The first kappa shape index (κ1) is 28.7. The standard InChI is InChI=1S/C31H23Br2N3O4S/c1-3-24-26(30(38)39-2)27(20-7-5-4-6-8-20)36-29(37)25(41-31(36)35-24)14-21-13-22(32)15-23(33)28(21)40-17-19-11-9-18(16-34)10-12-19/h4-15,27H,3,17H2,1-2H3/b25-14+/t27-/m1/s1. The number of nitrogens with zero attached hydrogens (tertiary/aromatic N) is 3. The Morgan fingerprint density at radius 1 is 1.15 bits per heavy atom. The van der Waals surface area contributed by atoms with E-state index >= 15 is 0 Å². The van der Waals surface area contributed by atoms with Gasteiger partial charge in [0.05, 0.1) is 45.1 Å². The van der Waals surface area contributed by atoms with Gasteiger partial charge in [0, 0.05) is 10.0 Å². The molecule has 10 heteroatoms. The van der Waals surface area contributed by atoms with Crippen LogP contribution in [0.25, 0.3) is 6.08 Å². The molecule has 0 saturated heterocycles. The summed E-state index contributed by atoms with van der Waals surface area (Å²) >= 11 is 8.40. The van der Waals surface area contributed by atoms with Gasteiger partial charge in [-0.05, 0) is 63.8 Å². The van der Waals surface area contributed by atoms with E-state index in [1.807, 2.05) is 61.5 Å². The molecule has 206 valence electrons. The maximum atomic E-state index is 14.0. The van der Waals surface area contributed by atoms with E-state index in [1.54, 1.807) is 22.8 Å². The molecular weight excluding hydrogens is 670 g/mol. The molecule has 3 aromatic carbocycles. The lowest BCUT2D eigenvalue weighted by atomic mass is 9.95. The quantitative estimate of drug-likeness (QED) is 0.229. The fourth-order valence-electron chi connectivity index (χ4n) is 4.63. The van der Waals surface area contributed by atoms with Gasteiger partial charge in [0.15, 0.2) is 4.80 Å². The summed E-state index contributed by atoms with van der Waals surface area (Å²) in [5.74, 6) is 0.0515. The summed E-state index contributed by atoms with van der Waals surface area (Å²) < 4.78 is 14.9. The third-order valence-electron chi connectivity index (χ3n) is 6.56. The van der Waals surface area contributed by atoms with Gasteiger partial charge in [0.1, 0.15) is 12.4 Å². The lowest BCUT2D eigenvalue weighted by Crippen LogP contribution is -2.40. The minimum absolute atomic E-state index is 0.268. The van der Waals surface area contributed by atoms with Crippen LogP contribution in [-0.4, -0.2) is 17.6 Å². The highest BCUT2D eigenvalue weighted by molar-refractivity contribution is 9.11. The average molecular weight is 693 g/mol. The molecule has 5 rings (SSSR count). The number of nitriles is 1. The van der Waals surface area contributed by atoms with Gasteiger partial charge in [-0.1, -0.05) is 76.7 Å². The molecule has 1 aliphatic rings. The van der Waals surface area contributed by atoms with E-state index in [-0.39, 0.29) is 12.2 Å². The number of hydrogen-bond donors (Lipinski definition) is 0. The van der Waals surface area contributed by atoms with Crippen LogP contribution in [0.2, 0.25) is 0 Å². The van der Waals surface area contributed by atoms with E-state index in [0.29, 0.717) is 48.4 Å². The Labute approximate surface area is 257 Å². The maximum absolute atomic E-state index is 14.0. The number of halogens is 2. The van der Waals surface area contributed by atoms with Crippen molar-refractivity contribution in [2.45, 2.75) is 26.0 Å². The second kappa shape index (κ2) is 12.4. The molecule has 1 aromatic heterocycles. The number of allylic oxidation sites excluding steroid dienone is 1. The van der Waals surface area contributed by atoms with E-state index in [1.165, 1.54) is 18.4 Å². The molecule has 0 N–H and O–H groups in total. The van der Waals surface area contributed by atoms with Crippen LogP contribution in [0.4, 0.5) is 0 Å². The van der Waals surface area contributed by atoms with E-state index in [9.17, 15) is 9.59 Å². The predicted octanol–water partition coefficient (Wildman–Crippen LogP) is 5.77. The second-order valence-electron chi connectivity index (χ2n) is 9.10. The SMILES string of the molecule is CCC1=C(C(=O)OC)[C@@H](c2ccccc2)n2c(s/c(=C/c3cc(Br)cc(Br)c3OCc3ccc(C#N)cc3)c2=O)=N1. The molecule has 0 aliphatic carbocycles. The molecule has 0 saturated carbocycles. The highest BCUT2D eigenvalue weighted by Crippen LogP contribution is 2.35. The molecule has 0 radical (unpaired) electrons. The van der Waals surface area contributed by atoms with Crippen LogP contribution in [0.1, 0.15) is 41.6 Å². The van der Waals surface area contributed by atoms with E-state index in [2.05, 4.69) is 37.9 Å². The molecule has 1 aliphatic heterocycles. The van der Waals surface area contributed by atoms with Crippen LogP contribution in [0.5, 0.6) is 5.75 Å². The third-order valence-corrected chi connectivity index (χ3v) is 8.59. The number of esters is 1. The van der Waals surface area contributed by atoms with Gasteiger partial charge >= 0.3 is 5.97 Å². The first-order valence-electron chi connectivity index (χ1n) is 12.6. The zero-order valence-corrected chi connectivity index (χ0v) is 26.0. The van der Waals surface area contributed by atoms with E-state index < -0.39 is 12.0 Å². The fraction of sp³-hybridized carbons (Fsp3) is 0.161. The smallest absolute Gasteiger partial charge is 0.338 e.